The maximum absolute atomic E-state index is 12.5. The molecule has 1 aliphatic rings. The van der Waals surface area contributed by atoms with Gasteiger partial charge in [-0.25, -0.2) is 0 Å². The Hall–Kier alpha value is -3.15. The van der Waals surface area contributed by atoms with Crippen LogP contribution < -0.4 is 10.1 Å². The number of rotatable bonds is 3. The van der Waals surface area contributed by atoms with E-state index in [1.165, 1.54) is 0 Å². The lowest BCUT2D eigenvalue weighted by Crippen LogP contribution is -2.31. The molecule has 0 fully saturated rings. The summed E-state index contributed by atoms with van der Waals surface area (Å²) >= 11 is 0. The van der Waals surface area contributed by atoms with Gasteiger partial charge in [-0.05, 0) is 31.2 Å². The van der Waals surface area contributed by atoms with Crippen molar-refractivity contribution in [1.29, 1.82) is 0 Å². The molecule has 0 saturated heterocycles. The Morgan fingerprint density at radius 1 is 1.21 bits per heavy atom. The van der Waals surface area contributed by atoms with Gasteiger partial charge in [-0.15, -0.1) is 10.2 Å². The average Bonchev–Trinajstić information content (AvgIpc) is 3.05. The molecule has 1 atom stereocenters. The van der Waals surface area contributed by atoms with Crippen LogP contribution in [0.5, 0.6) is 5.75 Å². The molecule has 0 unspecified atom stereocenters. The second kappa shape index (κ2) is 5.81. The van der Waals surface area contributed by atoms with E-state index in [4.69, 9.17) is 4.74 Å². The molecule has 1 aliphatic heterocycles. The molecule has 0 aliphatic carbocycles. The van der Waals surface area contributed by atoms with E-state index in [9.17, 15) is 4.79 Å². The Morgan fingerprint density at radius 3 is 2.96 bits per heavy atom. The van der Waals surface area contributed by atoms with Gasteiger partial charge in [0, 0.05) is 11.8 Å². The standard InChI is InChI=1S/C18H16N4O2/c1-12(17-21-20-16-8-4-5-9-22(16)17)19-18(23)14-10-13-6-2-3-7-15(13)24-11-14/h2-10,12H,11H2,1H3,(H,19,23)/t12-/m1/s1. The summed E-state index contributed by atoms with van der Waals surface area (Å²) in [5.74, 6) is 1.33. The molecule has 0 spiro atoms. The highest BCUT2D eigenvalue weighted by Gasteiger charge is 2.21. The zero-order chi connectivity index (χ0) is 16.5. The van der Waals surface area contributed by atoms with E-state index in [-0.39, 0.29) is 18.6 Å². The lowest BCUT2D eigenvalue weighted by atomic mass is 10.1. The summed E-state index contributed by atoms with van der Waals surface area (Å²) in [5.41, 5.74) is 2.26. The fourth-order valence-electron chi connectivity index (χ4n) is 2.76. The molecule has 0 bridgehead atoms. The molecule has 0 radical (unpaired) electrons. The molecule has 1 aromatic carbocycles. The minimum Gasteiger partial charge on any atom is -0.488 e. The minimum absolute atomic E-state index is 0.162. The summed E-state index contributed by atoms with van der Waals surface area (Å²) in [7, 11) is 0. The van der Waals surface area contributed by atoms with Crippen LogP contribution >= 0.6 is 0 Å². The number of aromatic nitrogens is 3. The summed E-state index contributed by atoms with van der Waals surface area (Å²) < 4.78 is 7.50. The second-order valence-electron chi connectivity index (χ2n) is 5.68. The van der Waals surface area contributed by atoms with E-state index < -0.39 is 0 Å². The van der Waals surface area contributed by atoms with Crippen molar-refractivity contribution in [2.24, 2.45) is 0 Å². The highest BCUT2D eigenvalue weighted by atomic mass is 16.5. The Morgan fingerprint density at radius 2 is 2.04 bits per heavy atom. The molecule has 1 N–H and O–H groups in total. The molecule has 2 aromatic heterocycles. The molecule has 0 saturated carbocycles. The van der Waals surface area contributed by atoms with Crippen molar-refractivity contribution in [2.75, 3.05) is 6.61 Å². The maximum Gasteiger partial charge on any atom is 0.251 e. The summed E-state index contributed by atoms with van der Waals surface area (Å²) in [5, 5.41) is 11.3. The Kier molecular flexibility index (Phi) is 3.49. The third kappa shape index (κ3) is 2.52. The van der Waals surface area contributed by atoms with E-state index in [0.717, 1.165) is 17.0 Å². The smallest absolute Gasteiger partial charge is 0.251 e. The minimum atomic E-state index is -0.270. The van der Waals surface area contributed by atoms with E-state index in [1.54, 1.807) is 0 Å². The van der Waals surface area contributed by atoms with Crippen molar-refractivity contribution in [3.8, 4) is 5.75 Å². The summed E-state index contributed by atoms with van der Waals surface area (Å²) in [6.45, 7) is 2.15. The fourth-order valence-corrected chi connectivity index (χ4v) is 2.76. The molecular weight excluding hydrogens is 304 g/mol. The van der Waals surface area contributed by atoms with Crippen LogP contribution in [0, 0.1) is 0 Å². The average molecular weight is 320 g/mol. The largest absolute Gasteiger partial charge is 0.488 e. The SMILES string of the molecule is C[C@@H](NC(=O)C1=Cc2ccccc2OC1)c1nnc2ccccn12. The number of nitrogens with zero attached hydrogens (tertiary/aromatic N) is 3. The number of amides is 1. The third-order valence-corrected chi connectivity index (χ3v) is 4.00. The van der Waals surface area contributed by atoms with Gasteiger partial charge >= 0.3 is 0 Å². The van der Waals surface area contributed by atoms with Crippen molar-refractivity contribution in [3.05, 3.63) is 65.6 Å². The Bertz CT molecular complexity index is 945. The molecule has 6 heteroatoms. The second-order valence-corrected chi connectivity index (χ2v) is 5.68. The zero-order valence-electron chi connectivity index (χ0n) is 13.1. The molecule has 1 amide bonds. The van der Waals surface area contributed by atoms with Gasteiger partial charge in [-0.2, -0.15) is 0 Å². The lowest BCUT2D eigenvalue weighted by molar-refractivity contribution is -0.118. The van der Waals surface area contributed by atoms with E-state index >= 15 is 0 Å². The van der Waals surface area contributed by atoms with Gasteiger partial charge in [0.05, 0.1) is 11.6 Å². The van der Waals surface area contributed by atoms with Crippen molar-refractivity contribution >= 4 is 17.6 Å². The quantitative estimate of drug-likeness (QED) is 0.804. The van der Waals surface area contributed by atoms with Crippen LogP contribution in [0.25, 0.3) is 11.7 Å². The summed E-state index contributed by atoms with van der Waals surface area (Å²) in [6.07, 6.45) is 3.75. The number of para-hydroxylation sites is 1. The molecule has 6 nitrogen and oxygen atoms in total. The zero-order valence-corrected chi connectivity index (χ0v) is 13.1. The first-order valence-corrected chi connectivity index (χ1v) is 7.75. The van der Waals surface area contributed by atoms with E-state index in [2.05, 4.69) is 15.5 Å². The predicted molar refractivity (Wildman–Crippen MR) is 89.5 cm³/mol. The maximum atomic E-state index is 12.5. The first-order chi connectivity index (χ1) is 11.7. The first-order valence-electron chi connectivity index (χ1n) is 7.75. The number of carbonyl (C=O) groups excluding carboxylic acids is 1. The highest BCUT2D eigenvalue weighted by Crippen LogP contribution is 2.26. The van der Waals surface area contributed by atoms with Crippen molar-refractivity contribution in [2.45, 2.75) is 13.0 Å². The van der Waals surface area contributed by atoms with Gasteiger partial charge in [0.25, 0.3) is 5.91 Å². The van der Waals surface area contributed by atoms with Gasteiger partial charge in [0.1, 0.15) is 12.4 Å². The van der Waals surface area contributed by atoms with E-state index in [1.807, 2.05) is 66.1 Å². The van der Waals surface area contributed by atoms with Crippen molar-refractivity contribution in [3.63, 3.8) is 0 Å². The number of benzene rings is 1. The molecule has 4 rings (SSSR count). The fraction of sp³-hybridized carbons (Fsp3) is 0.167. The van der Waals surface area contributed by atoms with Gasteiger partial charge in [-0.3, -0.25) is 9.20 Å². The number of carbonyl (C=O) groups is 1. The number of fused-ring (bicyclic) bond motifs is 2. The van der Waals surface area contributed by atoms with Crippen molar-refractivity contribution < 1.29 is 9.53 Å². The monoisotopic (exact) mass is 320 g/mol. The van der Waals surface area contributed by atoms with Gasteiger partial charge in [-0.1, -0.05) is 24.3 Å². The third-order valence-electron chi connectivity index (χ3n) is 4.00. The number of nitrogens with one attached hydrogen (secondary N) is 1. The van der Waals surface area contributed by atoms with Gasteiger partial charge in [0.15, 0.2) is 11.5 Å². The molecule has 120 valence electrons. The molecule has 3 aromatic rings. The number of ether oxygens (including phenoxy) is 1. The molecule has 24 heavy (non-hydrogen) atoms. The van der Waals surface area contributed by atoms with Crippen molar-refractivity contribution in [1.82, 2.24) is 19.9 Å². The van der Waals surface area contributed by atoms with Gasteiger partial charge < -0.3 is 10.1 Å². The number of pyridine rings is 1. The Labute approximate surface area is 138 Å². The van der Waals surface area contributed by atoms with Crippen LogP contribution in [-0.4, -0.2) is 27.1 Å². The number of hydrogen-bond acceptors (Lipinski definition) is 4. The lowest BCUT2D eigenvalue weighted by Gasteiger charge is -2.19. The molecule has 3 heterocycles. The van der Waals surface area contributed by atoms with Crippen LogP contribution in [0.3, 0.4) is 0 Å². The van der Waals surface area contributed by atoms with Crippen LogP contribution in [0.4, 0.5) is 0 Å². The normalized spacial score (nSPS) is 14.5. The molecular formula is C18H16N4O2. The van der Waals surface area contributed by atoms with Crippen LogP contribution in [0.1, 0.15) is 24.4 Å². The summed E-state index contributed by atoms with van der Waals surface area (Å²) in [6, 6.07) is 13.1. The first kappa shape index (κ1) is 14.4. The van der Waals surface area contributed by atoms with E-state index in [0.29, 0.717) is 11.4 Å². The van der Waals surface area contributed by atoms with Crippen LogP contribution in [-0.2, 0) is 4.79 Å². The number of hydrogen-bond donors (Lipinski definition) is 1. The Balaban J connectivity index is 1.55. The summed E-state index contributed by atoms with van der Waals surface area (Å²) in [4.78, 5) is 12.5. The van der Waals surface area contributed by atoms with Gasteiger partial charge in [0.2, 0.25) is 0 Å². The van der Waals surface area contributed by atoms with Crippen LogP contribution in [0.15, 0.2) is 54.2 Å². The van der Waals surface area contributed by atoms with Crippen LogP contribution in [0.2, 0.25) is 0 Å². The topological polar surface area (TPSA) is 68.5 Å². The predicted octanol–water partition coefficient (Wildman–Crippen LogP) is 2.38. The highest BCUT2D eigenvalue weighted by molar-refractivity contribution is 5.99.